The van der Waals surface area contributed by atoms with Crippen LogP contribution in [0.1, 0.15) is 5.56 Å². The molecule has 5 heteroatoms. The standard InChI is InChI=1S/C10H7BrN4/c1-6-7-4-2-3-5-8(7)13-10(11)9(6)14-15-12/h2-5H,1H3. The van der Waals surface area contributed by atoms with Crippen LogP contribution in [0.4, 0.5) is 5.69 Å². The molecule has 0 bridgehead atoms. The van der Waals surface area contributed by atoms with E-state index in [4.69, 9.17) is 5.53 Å². The van der Waals surface area contributed by atoms with Crippen molar-refractivity contribution in [1.82, 2.24) is 4.98 Å². The van der Waals surface area contributed by atoms with E-state index in [2.05, 4.69) is 30.9 Å². The van der Waals surface area contributed by atoms with Crippen molar-refractivity contribution in [2.24, 2.45) is 5.11 Å². The minimum Gasteiger partial charge on any atom is -0.240 e. The van der Waals surface area contributed by atoms with Gasteiger partial charge in [0.2, 0.25) is 0 Å². The van der Waals surface area contributed by atoms with Crippen LogP contribution in [-0.4, -0.2) is 4.98 Å². The molecule has 0 radical (unpaired) electrons. The third kappa shape index (κ3) is 1.67. The number of aromatic nitrogens is 1. The zero-order valence-electron chi connectivity index (χ0n) is 7.98. The molecule has 74 valence electrons. The number of hydrogen-bond donors (Lipinski definition) is 0. The van der Waals surface area contributed by atoms with Gasteiger partial charge >= 0.3 is 0 Å². The summed E-state index contributed by atoms with van der Waals surface area (Å²) in [5, 5.41) is 4.63. The van der Waals surface area contributed by atoms with Crippen LogP contribution in [-0.2, 0) is 0 Å². The number of benzene rings is 1. The molecule has 0 unspecified atom stereocenters. The first-order chi connectivity index (χ1) is 7.24. The number of azide groups is 1. The molecule has 1 aromatic heterocycles. The fourth-order valence-corrected chi connectivity index (χ4v) is 2.06. The lowest BCUT2D eigenvalue weighted by Gasteiger charge is -2.06. The Morgan fingerprint density at radius 3 is 2.87 bits per heavy atom. The average Bonchev–Trinajstić information content (AvgIpc) is 2.24. The second-order valence-corrected chi connectivity index (χ2v) is 3.83. The SMILES string of the molecule is Cc1c(N=[N+]=[N-])c(Br)nc2ccccc12. The van der Waals surface area contributed by atoms with Gasteiger partial charge in [-0.3, -0.25) is 0 Å². The highest BCUT2D eigenvalue weighted by molar-refractivity contribution is 9.10. The van der Waals surface area contributed by atoms with Crippen LogP contribution >= 0.6 is 15.9 Å². The minimum absolute atomic E-state index is 0.552. The highest BCUT2D eigenvalue weighted by atomic mass is 79.9. The van der Waals surface area contributed by atoms with E-state index in [1.165, 1.54) is 0 Å². The molecule has 0 saturated heterocycles. The molecule has 0 spiro atoms. The molecule has 2 aromatic rings. The van der Waals surface area contributed by atoms with Crippen molar-refractivity contribution in [2.75, 3.05) is 0 Å². The van der Waals surface area contributed by atoms with Crippen molar-refractivity contribution in [3.05, 3.63) is 44.9 Å². The largest absolute Gasteiger partial charge is 0.240 e. The van der Waals surface area contributed by atoms with Gasteiger partial charge < -0.3 is 0 Å². The lowest BCUT2D eigenvalue weighted by Crippen LogP contribution is -1.85. The summed E-state index contributed by atoms with van der Waals surface area (Å²) in [6.07, 6.45) is 0. The summed E-state index contributed by atoms with van der Waals surface area (Å²) in [5.74, 6) is 0. The maximum Gasteiger partial charge on any atom is 0.116 e. The van der Waals surface area contributed by atoms with E-state index in [9.17, 15) is 0 Å². The Kier molecular flexibility index (Phi) is 2.58. The van der Waals surface area contributed by atoms with Gasteiger partial charge in [0.1, 0.15) is 4.60 Å². The number of aryl methyl sites for hydroxylation is 1. The molecule has 0 amide bonds. The highest BCUT2D eigenvalue weighted by Gasteiger charge is 2.07. The number of halogens is 1. The summed E-state index contributed by atoms with van der Waals surface area (Å²) in [4.78, 5) is 7.10. The Morgan fingerprint density at radius 2 is 2.13 bits per heavy atom. The lowest BCUT2D eigenvalue weighted by atomic mass is 10.1. The van der Waals surface area contributed by atoms with Crippen LogP contribution in [0.5, 0.6) is 0 Å². The first-order valence-electron chi connectivity index (χ1n) is 4.34. The fourth-order valence-electron chi connectivity index (χ4n) is 1.49. The third-order valence-electron chi connectivity index (χ3n) is 2.22. The summed E-state index contributed by atoms with van der Waals surface area (Å²) >= 11 is 3.29. The summed E-state index contributed by atoms with van der Waals surface area (Å²) in [6, 6.07) is 7.74. The van der Waals surface area contributed by atoms with Gasteiger partial charge in [-0.25, -0.2) is 4.98 Å². The van der Waals surface area contributed by atoms with E-state index in [0.29, 0.717) is 10.3 Å². The Morgan fingerprint density at radius 1 is 1.40 bits per heavy atom. The van der Waals surface area contributed by atoms with Gasteiger partial charge in [-0.2, -0.15) is 0 Å². The molecule has 0 atom stereocenters. The molecule has 1 heterocycles. The minimum atomic E-state index is 0.552. The number of hydrogen-bond acceptors (Lipinski definition) is 2. The van der Waals surface area contributed by atoms with Gasteiger partial charge in [0.15, 0.2) is 0 Å². The molecule has 0 aliphatic rings. The van der Waals surface area contributed by atoms with Crippen LogP contribution in [0.15, 0.2) is 34.0 Å². The van der Waals surface area contributed by atoms with Crippen molar-refractivity contribution in [1.29, 1.82) is 0 Å². The van der Waals surface area contributed by atoms with Crippen LogP contribution in [0.3, 0.4) is 0 Å². The van der Waals surface area contributed by atoms with Crippen LogP contribution in [0, 0.1) is 6.92 Å². The van der Waals surface area contributed by atoms with Gasteiger partial charge in [-0.1, -0.05) is 23.3 Å². The molecule has 0 aliphatic heterocycles. The van der Waals surface area contributed by atoms with Gasteiger partial charge in [-0.05, 0) is 40.0 Å². The topological polar surface area (TPSA) is 61.7 Å². The second-order valence-electron chi connectivity index (χ2n) is 3.08. The van der Waals surface area contributed by atoms with Crippen LogP contribution in [0.2, 0.25) is 0 Å². The average molecular weight is 263 g/mol. The monoisotopic (exact) mass is 262 g/mol. The predicted octanol–water partition coefficient (Wildman–Crippen LogP) is 4.25. The van der Waals surface area contributed by atoms with Crippen molar-refractivity contribution in [3.8, 4) is 0 Å². The number of para-hydroxylation sites is 1. The van der Waals surface area contributed by atoms with E-state index in [1.54, 1.807) is 0 Å². The second kappa shape index (κ2) is 3.88. The molecular weight excluding hydrogens is 256 g/mol. The van der Waals surface area contributed by atoms with E-state index in [-0.39, 0.29) is 0 Å². The van der Waals surface area contributed by atoms with Gasteiger partial charge in [0, 0.05) is 10.3 Å². The van der Waals surface area contributed by atoms with Gasteiger partial charge in [0.25, 0.3) is 0 Å². The normalized spacial score (nSPS) is 10.0. The van der Waals surface area contributed by atoms with Crippen LogP contribution in [0.25, 0.3) is 21.3 Å². The predicted molar refractivity (Wildman–Crippen MR) is 63.0 cm³/mol. The van der Waals surface area contributed by atoms with Gasteiger partial charge in [0.05, 0.1) is 11.2 Å². The number of pyridine rings is 1. The highest BCUT2D eigenvalue weighted by Crippen LogP contribution is 2.32. The molecule has 2 rings (SSSR count). The molecule has 1 aromatic carbocycles. The van der Waals surface area contributed by atoms with E-state index >= 15 is 0 Å². The van der Waals surface area contributed by atoms with E-state index in [1.807, 2.05) is 31.2 Å². The lowest BCUT2D eigenvalue weighted by molar-refractivity contribution is 1.27. The molecule has 0 saturated carbocycles. The van der Waals surface area contributed by atoms with E-state index < -0.39 is 0 Å². The van der Waals surface area contributed by atoms with Gasteiger partial charge in [-0.15, -0.1) is 0 Å². The third-order valence-corrected chi connectivity index (χ3v) is 2.77. The van der Waals surface area contributed by atoms with Crippen molar-refractivity contribution in [3.63, 3.8) is 0 Å². The maximum absolute atomic E-state index is 8.45. The maximum atomic E-state index is 8.45. The Labute approximate surface area is 94.7 Å². The summed E-state index contributed by atoms with van der Waals surface area (Å²) in [7, 11) is 0. The zero-order valence-corrected chi connectivity index (χ0v) is 9.56. The van der Waals surface area contributed by atoms with Crippen LogP contribution < -0.4 is 0 Å². The zero-order chi connectivity index (χ0) is 10.8. The summed E-state index contributed by atoms with van der Waals surface area (Å²) in [5.41, 5.74) is 10.8. The Balaban J connectivity index is 2.89. The molecule has 15 heavy (non-hydrogen) atoms. The summed E-state index contributed by atoms with van der Waals surface area (Å²) in [6.45, 7) is 1.92. The molecule has 0 aliphatic carbocycles. The number of fused-ring (bicyclic) bond motifs is 1. The fraction of sp³-hybridized carbons (Fsp3) is 0.100. The first-order valence-corrected chi connectivity index (χ1v) is 5.13. The molecular formula is C10H7BrN4. The Bertz CT molecular complexity index is 573. The number of rotatable bonds is 1. The van der Waals surface area contributed by atoms with E-state index in [0.717, 1.165) is 16.5 Å². The smallest absolute Gasteiger partial charge is 0.116 e. The van der Waals surface area contributed by atoms with Crippen molar-refractivity contribution >= 4 is 32.5 Å². The first kappa shape index (κ1) is 9.96. The molecule has 0 fully saturated rings. The van der Waals surface area contributed by atoms with Crippen molar-refractivity contribution < 1.29 is 0 Å². The number of nitrogens with zero attached hydrogens (tertiary/aromatic N) is 4. The van der Waals surface area contributed by atoms with Crippen molar-refractivity contribution in [2.45, 2.75) is 6.92 Å². The summed E-state index contributed by atoms with van der Waals surface area (Å²) < 4.78 is 0.580. The molecule has 0 N–H and O–H groups in total. The molecule has 4 nitrogen and oxygen atoms in total. The Hall–Kier alpha value is -1.58. The quantitative estimate of drug-likeness (QED) is 0.328.